The number of aliphatic carboxylic acids is 1. The summed E-state index contributed by atoms with van der Waals surface area (Å²) in [6.45, 7) is -0.202. The summed E-state index contributed by atoms with van der Waals surface area (Å²) in [5.41, 5.74) is 11.8. The molecule has 254 valence electrons. The predicted molar refractivity (Wildman–Crippen MR) is 170 cm³/mol. The highest BCUT2D eigenvalue weighted by molar-refractivity contribution is 5.96. The standard InChI is InChI=1S/C30H41N9O8/c31-30(32)34-12-6-8-20-27(45)35-15-25(42)37-22(14-26(43)44)29(47)38-21(28(46)33-11-5-1-2-10-24(41)36-20)13-18-16-39(17-40)23-9-4-3-7-19(18)23/h3-4,7,9,16-17,20-22H,1-2,5-6,8,10-15H2,(H,33,46)(H,35,45)(H,36,41)(H,37,42)(H,38,47)(H,43,44)(H4,31,32,34)/t20?,21-,22-/m0/s1. The van der Waals surface area contributed by atoms with Gasteiger partial charge in [0.2, 0.25) is 35.9 Å². The van der Waals surface area contributed by atoms with E-state index in [0.29, 0.717) is 48.6 Å². The van der Waals surface area contributed by atoms with Gasteiger partial charge in [-0.05, 0) is 37.3 Å². The van der Waals surface area contributed by atoms with E-state index in [4.69, 9.17) is 11.5 Å². The molecule has 1 saturated heterocycles. The first-order chi connectivity index (χ1) is 22.5. The summed E-state index contributed by atoms with van der Waals surface area (Å²) in [5, 5.41) is 22.8. The normalized spacial score (nSPS) is 20.7. The summed E-state index contributed by atoms with van der Waals surface area (Å²) in [6, 6.07) is 3.20. The molecule has 1 aromatic heterocycles. The lowest BCUT2D eigenvalue weighted by molar-refractivity contribution is -0.141. The average Bonchev–Trinajstić information content (AvgIpc) is 3.38. The number of amides is 5. The highest BCUT2D eigenvalue weighted by Gasteiger charge is 2.30. The van der Waals surface area contributed by atoms with E-state index < -0.39 is 60.7 Å². The molecule has 17 nitrogen and oxygen atoms in total. The van der Waals surface area contributed by atoms with E-state index in [1.54, 1.807) is 30.5 Å². The van der Waals surface area contributed by atoms with E-state index in [1.165, 1.54) is 4.57 Å². The van der Waals surface area contributed by atoms with Gasteiger partial charge in [0.25, 0.3) is 0 Å². The molecule has 1 aliphatic heterocycles. The molecule has 1 aromatic carbocycles. The first-order valence-electron chi connectivity index (χ1n) is 15.2. The number of carbonyl (C=O) groups excluding carboxylic acids is 6. The maximum absolute atomic E-state index is 13.4. The van der Waals surface area contributed by atoms with E-state index in [2.05, 4.69) is 31.6 Å². The highest BCUT2D eigenvalue weighted by atomic mass is 16.4. The molecule has 0 saturated carbocycles. The first-order valence-corrected chi connectivity index (χ1v) is 15.2. The van der Waals surface area contributed by atoms with Crippen LogP contribution in [0.4, 0.5) is 0 Å². The SMILES string of the molecule is NC(N)=NCCCC1NC(=O)CCCCCNC(=O)[C@H](Cc2cn(C=O)c3ccccc23)NC(=O)[C@H](CC(=O)O)NC(=O)CNC1=O. The van der Waals surface area contributed by atoms with Crippen LogP contribution in [0, 0.1) is 0 Å². The summed E-state index contributed by atoms with van der Waals surface area (Å²) >= 11 is 0. The molecular formula is C30H41N9O8. The number of hydrogen-bond acceptors (Lipinski definition) is 8. The fraction of sp³-hybridized carbons (Fsp3) is 0.467. The number of guanidine groups is 1. The summed E-state index contributed by atoms with van der Waals surface area (Å²) in [4.78, 5) is 92.1. The number of fused-ring (bicyclic) bond motifs is 1. The van der Waals surface area contributed by atoms with Crippen LogP contribution in [-0.2, 0) is 40.0 Å². The molecule has 17 heteroatoms. The molecule has 0 spiro atoms. The Balaban J connectivity index is 1.82. The van der Waals surface area contributed by atoms with E-state index in [-0.39, 0.29) is 44.2 Å². The molecule has 2 heterocycles. The van der Waals surface area contributed by atoms with Crippen LogP contribution >= 0.6 is 0 Å². The van der Waals surface area contributed by atoms with Crippen LogP contribution in [0.25, 0.3) is 10.9 Å². The molecule has 2 aromatic rings. The fourth-order valence-electron chi connectivity index (χ4n) is 5.11. The van der Waals surface area contributed by atoms with Crippen molar-refractivity contribution in [1.29, 1.82) is 0 Å². The van der Waals surface area contributed by atoms with Gasteiger partial charge in [-0.15, -0.1) is 0 Å². The number of rotatable bonds is 9. The smallest absolute Gasteiger partial charge is 0.305 e. The van der Waals surface area contributed by atoms with Crippen LogP contribution in [0.3, 0.4) is 0 Å². The van der Waals surface area contributed by atoms with Crippen LogP contribution in [0.15, 0.2) is 35.5 Å². The second kappa shape index (κ2) is 17.9. The van der Waals surface area contributed by atoms with Gasteiger partial charge in [0, 0.05) is 37.5 Å². The predicted octanol–water partition coefficient (Wildman–Crippen LogP) is -1.99. The number of aromatic nitrogens is 1. The number of hydrogen-bond donors (Lipinski definition) is 8. The molecule has 3 rings (SSSR count). The molecule has 1 aliphatic rings. The van der Waals surface area contributed by atoms with Crippen molar-refractivity contribution in [3.05, 3.63) is 36.0 Å². The number of nitrogens with two attached hydrogens (primary N) is 2. The largest absolute Gasteiger partial charge is 0.481 e. The van der Waals surface area contributed by atoms with Gasteiger partial charge >= 0.3 is 5.97 Å². The van der Waals surface area contributed by atoms with Crippen molar-refractivity contribution in [3.8, 4) is 0 Å². The van der Waals surface area contributed by atoms with Crippen molar-refractivity contribution >= 4 is 58.8 Å². The summed E-state index contributed by atoms with van der Waals surface area (Å²) in [7, 11) is 0. The Hall–Kier alpha value is -5.48. The Morgan fingerprint density at radius 2 is 1.64 bits per heavy atom. The lowest BCUT2D eigenvalue weighted by Crippen LogP contribution is -2.56. The van der Waals surface area contributed by atoms with Crippen LogP contribution in [0.1, 0.15) is 50.5 Å². The molecule has 3 atom stereocenters. The molecular weight excluding hydrogens is 614 g/mol. The minimum Gasteiger partial charge on any atom is -0.481 e. The molecule has 47 heavy (non-hydrogen) atoms. The van der Waals surface area contributed by atoms with Gasteiger partial charge in [-0.3, -0.25) is 43.1 Å². The lowest BCUT2D eigenvalue weighted by atomic mass is 10.0. The highest BCUT2D eigenvalue weighted by Crippen LogP contribution is 2.22. The first kappa shape index (κ1) is 36.0. The van der Waals surface area contributed by atoms with Crippen LogP contribution in [0.2, 0.25) is 0 Å². The molecule has 1 unspecified atom stereocenters. The van der Waals surface area contributed by atoms with Crippen molar-refractivity contribution in [1.82, 2.24) is 31.2 Å². The quantitative estimate of drug-likeness (QED) is 0.0638. The third-order valence-corrected chi connectivity index (χ3v) is 7.42. The summed E-state index contributed by atoms with van der Waals surface area (Å²) in [5.74, 6) is -4.94. The topological polar surface area (TPSA) is 269 Å². The van der Waals surface area contributed by atoms with E-state index in [1.807, 2.05) is 0 Å². The van der Waals surface area contributed by atoms with Crippen molar-refractivity contribution in [3.63, 3.8) is 0 Å². The van der Waals surface area contributed by atoms with Gasteiger partial charge in [0.15, 0.2) is 5.96 Å². The van der Waals surface area contributed by atoms with Crippen molar-refractivity contribution in [2.24, 2.45) is 16.5 Å². The van der Waals surface area contributed by atoms with Crippen molar-refractivity contribution in [2.75, 3.05) is 19.6 Å². The zero-order valence-corrected chi connectivity index (χ0v) is 25.8. The van der Waals surface area contributed by atoms with Gasteiger partial charge < -0.3 is 43.2 Å². The molecule has 5 amide bonds. The maximum Gasteiger partial charge on any atom is 0.305 e. The monoisotopic (exact) mass is 655 g/mol. The summed E-state index contributed by atoms with van der Waals surface area (Å²) in [6.07, 6.45) is 3.46. The van der Waals surface area contributed by atoms with Gasteiger partial charge in [-0.1, -0.05) is 24.6 Å². The molecule has 0 aliphatic carbocycles. The number of carboxylic acids is 1. The number of carboxylic acid groups (broad SMARTS) is 1. The van der Waals surface area contributed by atoms with E-state index in [9.17, 15) is 38.7 Å². The Kier molecular flexibility index (Phi) is 13.7. The van der Waals surface area contributed by atoms with E-state index >= 15 is 0 Å². The minimum absolute atomic E-state index is 0.0481. The Morgan fingerprint density at radius 3 is 2.36 bits per heavy atom. The Morgan fingerprint density at radius 1 is 0.915 bits per heavy atom. The lowest BCUT2D eigenvalue weighted by Gasteiger charge is -2.23. The number of para-hydroxylation sites is 1. The Labute approximate surface area is 270 Å². The molecule has 10 N–H and O–H groups in total. The van der Waals surface area contributed by atoms with Crippen LogP contribution < -0.4 is 38.1 Å². The third-order valence-electron chi connectivity index (χ3n) is 7.42. The van der Waals surface area contributed by atoms with Gasteiger partial charge in [-0.2, -0.15) is 0 Å². The van der Waals surface area contributed by atoms with Crippen LogP contribution in [-0.4, -0.2) is 95.3 Å². The number of carbonyl (C=O) groups is 7. The maximum atomic E-state index is 13.4. The number of nitrogens with zero attached hydrogens (tertiary/aromatic N) is 2. The zero-order chi connectivity index (χ0) is 34.3. The second-order valence-corrected chi connectivity index (χ2v) is 11.1. The van der Waals surface area contributed by atoms with Gasteiger partial charge in [-0.25, -0.2) is 0 Å². The summed E-state index contributed by atoms with van der Waals surface area (Å²) < 4.78 is 1.35. The average molecular weight is 656 g/mol. The number of aliphatic imine (C=N–C) groups is 1. The molecule has 1 fully saturated rings. The fourth-order valence-corrected chi connectivity index (χ4v) is 5.11. The van der Waals surface area contributed by atoms with Crippen molar-refractivity contribution in [2.45, 2.75) is 69.5 Å². The molecule has 0 bridgehead atoms. The van der Waals surface area contributed by atoms with Crippen molar-refractivity contribution < 1.29 is 38.7 Å². The van der Waals surface area contributed by atoms with Gasteiger partial charge in [0.05, 0.1) is 18.5 Å². The van der Waals surface area contributed by atoms with Crippen LogP contribution in [0.5, 0.6) is 0 Å². The second-order valence-electron chi connectivity index (χ2n) is 11.1. The third kappa shape index (κ3) is 11.4. The van der Waals surface area contributed by atoms with E-state index in [0.717, 1.165) is 0 Å². The zero-order valence-electron chi connectivity index (χ0n) is 25.8. The number of benzene rings is 1. The molecule has 0 radical (unpaired) electrons. The Bertz CT molecular complexity index is 1500. The minimum atomic E-state index is -1.60. The number of nitrogens with one attached hydrogen (secondary N) is 5. The van der Waals surface area contributed by atoms with Gasteiger partial charge in [0.1, 0.15) is 18.1 Å².